The second kappa shape index (κ2) is 8.95. The van der Waals surface area contributed by atoms with Gasteiger partial charge in [-0.05, 0) is 45.1 Å². The summed E-state index contributed by atoms with van der Waals surface area (Å²) in [4.78, 5) is 30.2. The predicted molar refractivity (Wildman–Crippen MR) is 145 cm³/mol. The number of hydrogen-bond donors (Lipinski definition) is 0. The van der Waals surface area contributed by atoms with Gasteiger partial charge in [0.2, 0.25) is 0 Å². The van der Waals surface area contributed by atoms with Crippen LogP contribution in [0.15, 0.2) is 48.9 Å². The van der Waals surface area contributed by atoms with Gasteiger partial charge in [0.25, 0.3) is 0 Å². The van der Waals surface area contributed by atoms with Gasteiger partial charge in [0.1, 0.15) is 29.0 Å². The van der Waals surface area contributed by atoms with Crippen LogP contribution in [-0.2, 0) is 4.74 Å². The highest BCUT2D eigenvalue weighted by Crippen LogP contribution is 2.37. The summed E-state index contributed by atoms with van der Waals surface area (Å²) in [6.07, 6.45) is 10.3. The molecule has 38 heavy (non-hydrogen) atoms. The van der Waals surface area contributed by atoms with Crippen molar-refractivity contribution in [3.05, 3.63) is 60.3 Å². The van der Waals surface area contributed by atoms with E-state index in [2.05, 4.69) is 25.8 Å². The van der Waals surface area contributed by atoms with Crippen molar-refractivity contribution in [3.8, 4) is 23.6 Å². The number of fused-ring (bicyclic) bond motifs is 4. The molecule has 0 spiro atoms. The van der Waals surface area contributed by atoms with Crippen LogP contribution < -0.4 is 4.90 Å². The fourth-order valence-electron chi connectivity index (χ4n) is 5.76. The number of ether oxygens (including phenoxy) is 1. The molecule has 2 aliphatic rings. The first-order valence-electron chi connectivity index (χ1n) is 12.8. The molecular formula is C30H28FN5O2. The highest BCUT2D eigenvalue weighted by molar-refractivity contribution is 6.01. The van der Waals surface area contributed by atoms with Gasteiger partial charge in [-0.15, -0.1) is 6.42 Å². The first kappa shape index (κ1) is 24.1. The van der Waals surface area contributed by atoms with E-state index in [4.69, 9.17) is 11.2 Å². The van der Waals surface area contributed by atoms with Crippen LogP contribution in [-0.4, -0.2) is 56.7 Å². The lowest BCUT2D eigenvalue weighted by atomic mass is 9.97. The molecule has 0 saturated carbocycles. The zero-order valence-electron chi connectivity index (χ0n) is 21.6. The Kier molecular flexibility index (Phi) is 5.68. The number of piperazine rings is 1. The zero-order chi connectivity index (χ0) is 26.6. The minimum atomic E-state index is -0.553. The normalized spacial score (nSPS) is 19.1. The van der Waals surface area contributed by atoms with Gasteiger partial charge in [-0.3, -0.25) is 9.88 Å². The zero-order valence-corrected chi connectivity index (χ0v) is 21.6. The summed E-state index contributed by atoms with van der Waals surface area (Å²) in [5.41, 5.74) is 1.16. The highest BCUT2D eigenvalue weighted by Gasteiger charge is 2.45. The summed E-state index contributed by atoms with van der Waals surface area (Å²) in [5, 5.41) is 2.24. The second-order valence-electron chi connectivity index (χ2n) is 10.9. The van der Waals surface area contributed by atoms with E-state index in [1.165, 1.54) is 6.33 Å². The Morgan fingerprint density at radius 2 is 1.79 bits per heavy atom. The van der Waals surface area contributed by atoms with Crippen LogP contribution >= 0.6 is 0 Å². The Morgan fingerprint density at radius 3 is 2.47 bits per heavy atom. The largest absolute Gasteiger partial charge is 0.444 e. The van der Waals surface area contributed by atoms with Crippen LogP contribution in [0.25, 0.3) is 32.9 Å². The molecule has 2 fully saturated rings. The van der Waals surface area contributed by atoms with E-state index in [0.29, 0.717) is 35.4 Å². The number of rotatable bonds is 2. The molecule has 7 nitrogen and oxygen atoms in total. The minimum absolute atomic E-state index is 0.00330. The molecule has 1 amide bonds. The Morgan fingerprint density at radius 1 is 1.08 bits per heavy atom. The van der Waals surface area contributed by atoms with Crippen molar-refractivity contribution in [3.63, 3.8) is 0 Å². The number of benzene rings is 2. The number of carbonyl (C=O) groups is 1. The summed E-state index contributed by atoms with van der Waals surface area (Å²) < 4.78 is 21.7. The molecule has 2 unspecified atom stereocenters. The number of halogens is 1. The molecule has 2 aromatic heterocycles. The van der Waals surface area contributed by atoms with Gasteiger partial charge < -0.3 is 9.64 Å². The molecule has 2 aromatic carbocycles. The van der Waals surface area contributed by atoms with Gasteiger partial charge in [-0.1, -0.05) is 36.3 Å². The van der Waals surface area contributed by atoms with E-state index in [1.807, 2.05) is 62.1 Å². The molecule has 0 aliphatic carbocycles. The Bertz CT molecular complexity index is 1600. The molecule has 192 valence electrons. The molecule has 4 aromatic rings. The standard InChI is InChI=1S/C30H28FN5O2/c1-5-18-8-6-9-19-10-7-11-22(24(18)19)26-25(31)27-23(14-32-26)28(34-17-33-27)35-15-20-12-13-21(16-35)36(20)29(37)38-30(2,3)4/h1,6-11,14,17,20-21H,12-13,15-16H2,2-4H3. The summed E-state index contributed by atoms with van der Waals surface area (Å²) in [7, 11) is 0. The highest BCUT2D eigenvalue weighted by atomic mass is 19.1. The lowest BCUT2D eigenvalue weighted by molar-refractivity contribution is 0.0123. The predicted octanol–water partition coefficient (Wildman–Crippen LogP) is 5.55. The van der Waals surface area contributed by atoms with Gasteiger partial charge in [0.15, 0.2) is 5.82 Å². The molecule has 2 bridgehead atoms. The Labute approximate surface area is 220 Å². The third-order valence-corrected chi connectivity index (χ3v) is 7.30. The average Bonchev–Trinajstić information content (AvgIpc) is 3.17. The Balaban J connectivity index is 1.37. The van der Waals surface area contributed by atoms with Gasteiger partial charge in [0.05, 0.1) is 17.5 Å². The lowest BCUT2D eigenvalue weighted by Crippen LogP contribution is -2.57. The summed E-state index contributed by atoms with van der Waals surface area (Å²) >= 11 is 0. The van der Waals surface area contributed by atoms with Crippen LogP contribution in [0.4, 0.5) is 15.0 Å². The maximum atomic E-state index is 16.1. The van der Waals surface area contributed by atoms with Crippen molar-refractivity contribution >= 4 is 33.6 Å². The van der Waals surface area contributed by atoms with Crippen LogP contribution in [0.1, 0.15) is 39.2 Å². The van der Waals surface area contributed by atoms with Crippen molar-refractivity contribution in [2.24, 2.45) is 0 Å². The fourth-order valence-corrected chi connectivity index (χ4v) is 5.76. The molecule has 2 saturated heterocycles. The van der Waals surface area contributed by atoms with E-state index < -0.39 is 11.4 Å². The number of amides is 1. The number of anilines is 1. The molecular weight excluding hydrogens is 481 g/mol. The third-order valence-electron chi connectivity index (χ3n) is 7.30. The number of hydrogen-bond acceptors (Lipinski definition) is 6. The van der Waals surface area contributed by atoms with Gasteiger partial charge in [-0.25, -0.2) is 19.2 Å². The number of terminal acetylenes is 1. The van der Waals surface area contributed by atoms with E-state index in [-0.39, 0.29) is 29.4 Å². The number of carbonyl (C=O) groups excluding carboxylic acids is 1. The molecule has 6 rings (SSSR count). The second-order valence-corrected chi connectivity index (χ2v) is 10.9. The van der Waals surface area contributed by atoms with Crippen molar-refractivity contribution in [1.82, 2.24) is 19.9 Å². The van der Waals surface area contributed by atoms with Crippen LogP contribution in [0.3, 0.4) is 0 Å². The van der Waals surface area contributed by atoms with E-state index in [1.54, 1.807) is 6.20 Å². The van der Waals surface area contributed by atoms with Crippen LogP contribution in [0, 0.1) is 18.2 Å². The van der Waals surface area contributed by atoms with E-state index in [0.717, 1.165) is 23.6 Å². The number of pyridine rings is 1. The van der Waals surface area contributed by atoms with Gasteiger partial charge in [0, 0.05) is 35.8 Å². The molecule has 8 heteroatoms. The Hall–Kier alpha value is -4.25. The maximum Gasteiger partial charge on any atom is 0.410 e. The number of aromatic nitrogens is 3. The van der Waals surface area contributed by atoms with Crippen molar-refractivity contribution in [2.75, 3.05) is 18.0 Å². The van der Waals surface area contributed by atoms with Crippen LogP contribution in [0.5, 0.6) is 0 Å². The minimum Gasteiger partial charge on any atom is -0.444 e. The topological polar surface area (TPSA) is 71.5 Å². The van der Waals surface area contributed by atoms with E-state index in [9.17, 15) is 4.79 Å². The summed E-state index contributed by atoms with van der Waals surface area (Å²) in [5.74, 6) is 2.82. The summed E-state index contributed by atoms with van der Waals surface area (Å²) in [6.45, 7) is 6.78. The quantitative estimate of drug-likeness (QED) is 0.330. The SMILES string of the molecule is C#Cc1cccc2cccc(-c3ncc4c(N5CC6CCC(C5)N6C(=O)OC(C)(C)C)ncnc4c3F)c12. The van der Waals surface area contributed by atoms with Crippen molar-refractivity contribution < 1.29 is 13.9 Å². The summed E-state index contributed by atoms with van der Waals surface area (Å²) in [6, 6.07) is 11.3. The third kappa shape index (κ3) is 3.99. The lowest BCUT2D eigenvalue weighted by Gasteiger charge is -2.42. The fraction of sp³-hybridized carbons (Fsp3) is 0.333. The van der Waals surface area contributed by atoms with Crippen molar-refractivity contribution in [2.45, 2.75) is 51.3 Å². The average molecular weight is 510 g/mol. The molecule has 4 heterocycles. The van der Waals surface area contributed by atoms with Crippen LogP contribution in [0.2, 0.25) is 0 Å². The monoisotopic (exact) mass is 509 g/mol. The first-order chi connectivity index (χ1) is 18.2. The smallest absolute Gasteiger partial charge is 0.410 e. The molecule has 2 atom stereocenters. The molecule has 0 N–H and O–H groups in total. The molecule has 0 radical (unpaired) electrons. The van der Waals surface area contributed by atoms with Gasteiger partial charge in [-0.2, -0.15) is 0 Å². The van der Waals surface area contributed by atoms with E-state index >= 15 is 4.39 Å². The van der Waals surface area contributed by atoms with Gasteiger partial charge >= 0.3 is 6.09 Å². The first-order valence-corrected chi connectivity index (χ1v) is 12.8. The molecule has 2 aliphatic heterocycles. The number of nitrogens with zero attached hydrogens (tertiary/aromatic N) is 5. The maximum absolute atomic E-state index is 16.1. The van der Waals surface area contributed by atoms with Crippen molar-refractivity contribution in [1.29, 1.82) is 0 Å².